The molecule has 0 amide bonds. The monoisotopic (exact) mass is 556 g/mol. The maximum Gasteiger partial charge on any atom is 0.339 e. The zero-order valence-corrected chi connectivity index (χ0v) is 22.1. The summed E-state index contributed by atoms with van der Waals surface area (Å²) in [6, 6.07) is 8.04. The van der Waals surface area contributed by atoms with Gasteiger partial charge in [-0.25, -0.2) is 4.79 Å². The lowest BCUT2D eigenvalue weighted by molar-refractivity contribution is -0.218. The van der Waals surface area contributed by atoms with Crippen molar-refractivity contribution >= 4 is 16.7 Å². The van der Waals surface area contributed by atoms with Crippen LogP contribution in [0, 0.1) is 11.8 Å². The van der Waals surface area contributed by atoms with Crippen molar-refractivity contribution in [3.63, 3.8) is 0 Å². The van der Waals surface area contributed by atoms with Crippen molar-refractivity contribution in [3.8, 4) is 28.4 Å². The number of methoxy groups -OCH3 is 2. The number of aliphatic hydroxyl groups is 4. The van der Waals surface area contributed by atoms with Crippen molar-refractivity contribution in [2.24, 2.45) is 11.8 Å². The van der Waals surface area contributed by atoms with Crippen molar-refractivity contribution in [3.05, 3.63) is 52.6 Å². The van der Waals surface area contributed by atoms with Crippen LogP contribution >= 0.6 is 0 Å². The predicted octanol–water partition coefficient (Wildman–Crippen LogP) is 1.84. The molecule has 2 aliphatic rings. The highest BCUT2D eigenvalue weighted by atomic mass is 16.7. The first-order chi connectivity index (χ1) is 19.4. The van der Waals surface area contributed by atoms with Crippen LogP contribution in [0.25, 0.3) is 21.9 Å². The minimum Gasteiger partial charge on any atom is -0.504 e. The highest BCUT2D eigenvalue weighted by Crippen LogP contribution is 2.48. The molecule has 214 valence electrons. The molecular weight excluding hydrogens is 524 g/mol. The van der Waals surface area contributed by atoms with E-state index >= 15 is 0 Å². The minimum absolute atomic E-state index is 0.0781. The second-order valence-electron chi connectivity index (χ2n) is 9.79. The molecule has 0 saturated carbocycles. The average Bonchev–Trinajstić information content (AvgIpc) is 3.37. The van der Waals surface area contributed by atoms with Crippen LogP contribution in [-0.4, -0.2) is 77.9 Å². The number of ether oxygens (including phenoxy) is 5. The van der Waals surface area contributed by atoms with E-state index in [-0.39, 0.29) is 62.5 Å². The largest absolute Gasteiger partial charge is 0.504 e. The Labute approximate surface area is 230 Å². The lowest BCUT2D eigenvalue weighted by Crippen LogP contribution is -2.51. The number of fused-ring (bicyclic) bond motifs is 2. The lowest BCUT2D eigenvalue weighted by Gasteiger charge is -2.40. The van der Waals surface area contributed by atoms with Crippen molar-refractivity contribution in [1.29, 1.82) is 0 Å². The van der Waals surface area contributed by atoms with Crippen molar-refractivity contribution < 1.29 is 54.0 Å². The lowest BCUT2D eigenvalue weighted by atomic mass is 9.85. The molecule has 2 heterocycles. The molecule has 0 aliphatic carbocycles. The van der Waals surface area contributed by atoms with E-state index in [0.29, 0.717) is 38.6 Å². The first-order valence-electron chi connectivity index (χ1n) is 12.8. The van der Waals surface area contributed by atoms with Gasteiger partial charge in [0.2, 0.25) is 6.29 Å². The third-order valence-electron chi connectivity index (χ3n) is 7.80. The fourth-order valence-electron chi connectivity index (χ4n) is 5.65. The Balaban J connectivity index is 1.77. The van der Waals surface area contributed by atoms with Crippen molar-refractivity contribution in [2.45, 2.75) is 32.2 Å². The zero-order valence-electron chi connectivity index (χ0n) is 22.1. The second-order valence-corrected chi connectivity index (χ2v) is 9.79. The number of esters is 1. The molecule has 1 saturated heterocycles. The van der Waals surface area contributed by atoms with Gasteiger partial charge in [0.05, 0.1) is 51.1 Å². The number of aromatic hydroxyl groups is 1. The van der Waals surface area contributed by atoms with Crippen molar-refractivity contribution in [1.82, 2.24) is 0 Å². The maximum atomic E-state index is 13.2. The molecule has 0 bridgehead atoms. The number of aliphatic hydroxyl groups excluding tert-OH is 4. The van der Waals surface area contributed by atoms with Gasteiger partial charge in [0.25, 0.3) is 0 Å². The summed E-state index contributed by atoms with van der Waals surface area (Å²) in [6.07, 6.45) is -1.44. The smallest absolute Gasteiger partial charge is 0.339 e. The molecule has 3 aromatic carbocycles. The summed E-state index contributed by atoms with van der Waals surface area (Å²) in [4.78, 5) is 13.2. The maximum absolute atomic E-state index is 13.2. The van der Waals surface area contributed by atoms with E-state index < -0.39 is 30.2 Å². The number of benzene rings is 3. The Kier molecular flexibility index (Phi) is 8.13. The van der Waals surface area contributed by atoms with Gasteiger partial charge in [-0.15, -0.1) is 0 Å². The summed E-state index contributed by atoms with van der Waals surface area (Å²) in [6.45, 7) is -1.33. The number of hydrogen-bond acceptors (Lipinski definition) is 11. The van der Waals surface area contributed by atoms with Crippen LogP contribution in [-0.2, 0) is 34.0 Å². The van der Waals surface area contributed by atoms with E-state index in [0.717, 1.165) is 0 Å². The Morgan fingerprint density at radius 2 is 1.62 bits per heavy atom. The average molecular weight is 557 g/mol. The number of carbonyl (C=O) groups is 1. The quantitative estimate of drug-likeness (QED) is 0.244. The molecule has 0 radical (unpaired) electrons. The molecule has 4 unspecified atom stereocenters. The van der Waals surface area contributed by atoms with Crippen LogP contribution in [0.4, 0.5) is 0 Å². The van der Waals surface area contributed by atoms with E-state index in [1.165, 1.54) is 20.3 Å². The highest BCUT2D eigenvalue weighted by molar-refractivity contribution is 6.13. The summed E-state index contributed by atoms with van der Waals surface area (Å²) in [5, 5.41) is 51.6. The Bertz CT molecular complexity index is 1420. The molecule has 11 nitrogen and oxygen atoms in total. The van der Waals surface area contributed by atoms with Gasteiger partial charge in [0, 0.05) is 36.1 Å². The van der Waals surface area contributed by atoms with Gasteiger partial charge in [-0.05, 0) is 46.3 Å². The van der Waals surface area contributed by atoms with E-state index in [1.54, 1.807) is 24.3 Å². The summed E-state index contributed by atoms with van der Waals surface area (Å²) < 4.78 is 28.6. The van der Waals surface area contributed by atoms with Crippen LogP contribution in [0.5, 0.6) is 17.2 Å². The summed E-state index contributed by atoms with van der Waals surface area (Å²) in [7, 11) is 2.92. The molecule has 1 fully saturated rings. The van der Waals surface area contributed by atoms with E-state index in [9.17, 15) is 30.3 Å². The number of carbonyl (C=O) groups excluding carboxylic acids is 1. The van der Waals surface area contributed by atoms with Gasteiger partial charge in [0.1, 0.15) is 12.4 Å². The van der Waals surface area contributed by atoms with E-state index in [4.69, 9.17) is 23.7 Å². The van der Waals surface area contributed by atoms with Crippen LogP contribution in [0.3, 0.4) is 0 Å². The van der Waals surface area contributed by atoms with Gasteiger partial charge >= 0.3 is 5.97 Å². The van der Waals surface area contributed by atoms with Gasteiger partial charge in [-0.1, -0.05) is 6.07 Å². The van der Waals surface area contributed by atoms with E-state index in [1.807, 2.05) is 0 Å². The molecule has 3 aromatic rings. The number of phenols is 1. The summed E-state index contributed by atoms with van der Waals surface area (Å²) in [5.74, 6) is -1.32. The van der Waals surface area contributed by atoms with Gasteiger partial charge in [-0.3, -0.25) is 0 Å². The second kappa shape index (κ2) is 11.6. The molecule has 40 heavy (non-hydrogen) atoms. The standard InChI is InChI=1S/C29H32O11/c1-36-23-7-14(3-4-22(23)34)25-17-5-15(8-30)16(9-31)6-18(17)27(21-12-38-28(35)26(21)25)40-29-20(11-33)19(10-32)24(37-2)13-39-29/h3-7,19-20,24,29-34H,8-13H2,1-2H3. The van der Waals surface area contributed by atoms with Gasteiger partial charge in [-0.2, -0.15) is 0 Å². The molecule has 5 N–H and O–H groups in total. The van der Waals surface area contributed by atoms with Gasteiger partial charge < -0.3 is 49.2 Å². The van der Waals surface area contributed by atoms with Crippen LogP contribution < -0.4 is 9.47 Å². The molecule has 11 heteroatoms. The fourth-order valence-corrected chi connectivity index (χ4v) is 5.65. The SMILES string of the molecule is COc1cc(-c2c3c(c(OC4OCC(OC)C(CO)C4CO)c4cc(CO)c(CO)cc24)COC3=O)ccc1O. The third-order valence-corrected chi connectivity index (χ3v) is 7.80. The highest BCUT2D eigenvalue weighted by Gasteiger charge is 2.43. The molecule has 4 atom stereocenters. The van der Waals surface area contributed by atoms with Crippen LogP contribution in [0.2, 0.25) is 0 Å². The minimum atomic E-state index is -0.994. The Hall–Kier alpha value is -3.45. The van der Waals surface area contributed by atoms with E-state index in [2.05, 4.69) is 0 Å². The molecular formula is C29H32O11. The molecule has 5 rings (SSSR count). The van der Waals surface area contributed by atoms with Crippen LogP contribution in [0.1, 0.15) is 27.0 Å². The number of phenolic OH excluding ortho intramolecular Hbond substituents is 1. The predicted molar refractivity (Wildman–Crippen MR) is 141 cm³/mol. The fraction of sp³-hybridized carbons (Fsp3) is 0.414. The van der Waals surface area contributed by atoms with Gasteiger partial charge in [0.15, 0.2) is 11.5 Å². The number of hydrogen-bond donors (Lipinski definition) is 5. The number of rotatable bonds is 9. The normalized spacial score (nSPS) is 22.3. The zero-order chi connectivity index (χ0) is 28.6. The summed E-state index contributed by atoms with van der Waals surface area (Å²) in [5.41, 5.74) is 2.61. The summed E-state index contributed by atoms with van der Waals surface area (Å²) >= 11 is 0. The Morgan fingerprint density at radius 1 is 0.925 bits per heavy atom. The first kappa shape index (κ1) is 28.1. The molecule has 0 aromatic heterocycles. The van der Waals surface area contributed by atoms with Crippen molar-refractivity contribution in [2.75, 3.05) is 34.0 Å². The molecule has 0 spiro atoms. The molecule has 2 aliphatic heterocycles. The number of cyclic esters (lactones) is 1. The first-order valence-corrected chi connectivity index (χ1v) is 12.8. The topological polar surface area (TPSA) is 164 Å². The van der Waals surface area contributed by atoms with Crippen LogP contribution in [0.15, 0.2) is 30.3 Å². The third kappa shape index (κ3) is 4.64. The Morgan fingerprint density at radius 3 is 2.25 bits per heavy atom.